The molecule has 1 heterocycles. The second-order valence-corrected chi connectivity index (χ2v) is 10.1. The molecular formula is C26H32ClFN6O4. The highest BCUT2D eigenvalue weighted by Crippen LogP contribution is 2.36. The highest BCUT2D eigenvalue weighted by Gasteiger charge is 2.24. The number of anilines is 3. The molecule has 12 heteroatoms. The first-order valence-electron chi connectivity index (χ1n) is 11.8. The number of ether oxygens (including phenoxy) is 1. The Labute approximate surface area is 226 Å². The van der Waals surface area contributed by atoms with Crippen molar-refractivity contribution in [2.24, 2.45) is 0 Å². The first-order valence-corrected chi connectivity index (χ1v) is 12.2. The molecule has 0 bridgehead atoms. The van der Waals surface area contributed by atoms with Crippen molar-refractivity contribution in [2.45, 2.75) is 25.9 Å². The second kappa shape index (κ2) is 11.9. The van der Waals surface area contributed by atoms with E-state index in [0.29, 0.717) is 46.4 Å². The average molecular weight is 547 g/mol. The molecule has 0 saturated carbocycles. The maximum atomic E-state index is 14.1. The minimum absolute atomic E-state index is 0.0490. The zero-order chi connectivity index (χ0) is 28.2. The Balaban J connectivity index is 1.94. The molecule has 3 aromatic rings. The Hall–Kier alpha value is -3.54. The van der Waals surface area contributed by atoms with Gasteiger partial charge in [0, 0.05) is 61.7 Å². The van der Waals surface area contributed by atoms with Gasteiger partial charge >= 0.3 is 0 Å². The smallest absolute Gasteiger partial charge is 0.293 e. The lowest BCUT2D eigenvalue weighted by Gasteiger charge is -2.23. The normalized spacial score (nSPS) is 11.5. The van der Waals surface area contributed by atoms with Gasteiger partial charge in [0.25, 0.3) is 5.69 Å². The largest absolute Gasteiger partial charge is 0.496 e. The van der Waals surface area contributed by atoms with Crippen LogP contribution in [0.15, 0.2) is 36.5 Å². The summed E-state index contributed by atoms with van der Waals surface area (Å²) in [7, 11) is 7.17. The molecule has 0 aliphatic heterocycles. The Morgan fingerprint density at radius 2 is 1.92 bits per heavy atom. The number of likely N-dealkylation sites (N-methyl/N-ethyl adjacent to an activating group) is 2. The monoisotopic (exact) mass is 546 g/mol. The number of nitro benzene ring substituents is 1. The molecule has 1 aromatic heterocycles. The summed E-state index contributed by atoms with van der Waals surface area (Å²) in [4.78, 5) is 24.1. The molecule has 2 aromatic carbocycles. The number of hydrogen-bond donors (Lipinski definition) is 2. The van der Waals surface area contributed by atoms with Crippen LogP contribution in [-0.2, 0) is 12.0 Å². The molecule has 2 N–H and O–H groups in total. The number of rotatable bonds is 11. The highest BCUT2D eigenvalue weighted by atomic mass is 35.5. The minimum atomic E-state index is -1.35. The number of nitrogens with one attached hydrogen (secondary N) is 1. The standard InChI is InChI=1S/C26H32ClFN6O4/c1-26(2,35)17-13-19(28)18(27)14-20(17)30-24-7-8-29-25(31-24)12-16-11-22(34(36)37)21(15-23(16)38-6)33(5)10-9-32(3)4/h7-8,11,13-15,35H,9-10,12H2,1-6H3,(H,29,30,31). The van der Waals surface area contributed by atoms with E-state index in [1.807, 2.05) is 23.9 Å². The number of benzene rings is 2. The van der Waals surface area contributed by atoms with Crippen LogP contribution in [0, 0.1) is 15.9 Å². The van der Waals surface area contributed by atoms with E-state index < -0.39 is 16.3 Å². The van der Waals surface area contributed by atoms with E-state index in [1.165, 1.54) is 45.4 Å². The quantitative estimate of drug-likeness (QED) is 0.259. The van der Waals surface area contributed by atoms with Crippen molar-refractivity contribution < 1.29 is 19.2 Å². The van der Waals surface area contributed by atoms with E-state index in [2.05, 4.69) is 15.3 Å². The van der Waals surface area contributed by atoms with Gasteiger partial charge < -0.3 is 25.0 Å². The Morgan fingerprint density at radius 3 is 2.53 bits per heavy atom. The molecule has 0 saturated heterocycles. The number of aromatic nitrogens is 2. The third kappa shape index (κ3) is 7.06. The summed E-state index contributed by atoms with van der Waals surface area (Å²) in [5.41, 5.74) is 0.270. The van der Waals surface area contributed by atoms with E-state index in [4.69, 9.17) is 16.3 Å². The minimum Gasteiger partial charge on any atom is -0.496 e. The predicted molar refractivity (Wildman–Crippen MR) is 146 cm³/mol. The van der Waals surface area contributed by atoms with Crippen molar-refractivity contribution in [3.63, 3.8) is 0 Å². The number of halogens is 2. The second-order valence-electron chi connectivity index (χ2n) is 9.67. The van der Waals surface area contributed by atoms with Gasteiger partial charge in [-0.2, -0.15) is 0 Å². The number of hydrogen-bond acceptors (Lipinski definition) is 9. The molecule has 0 atom stereocenters. The van der Waals surface area contributed by atoms with Crippen LogP contribution in [0.4, 0.5) is 27.3 Å². The number of nitro groups is 1. The van der Waals surface area contributed by atoms with Crippen molar-refractivity contribution in [2.75, 3.05) is 51.6 Å². The van der Waals surface area contributed by atoms with Crippen LogP contribution >= 0.6 is 11.6 Å². The molecule has 0 spiro atoms. The molecule has 0 fully saturated rings. The first kappa shape index (κ1) is 29.0. The van der Waals surface area contributed by atoms with Crippen molar-refractivity contribution in [1.29, 1.82) is 0 Å². The molecule has 10 nitrogen and oxygen atoms in total. The number of aliphatic hydroxyl groups is 1. The zero-order valence-electron chi connectivity index (χ0n) is 22.2. The summed E-state index contributed by atoms with van der Waals surface area (Å²) in [6.07, 6.45) is 1.69. The van der Waals surface area contributed by atoms with Gasteiger partial charge in [0.15, 0.2) is 0 Å². The molecule has 0 radical (unpaired) electrons. The summed E-state index contributed by atoms with van der Waals surface area (Å²) < 4.78 is 19.7. The van der Waals surface area contributed by atoms with Gasteiger partial charge in [-0.25, -0.2) is 14.4 Å². The Kier molecular flexibility index (Phi) is 9.08. The van der Waals surface area contributed by atoms with Crippen LogP contribution in [0.1, 0.15) is 30.8 Å². The van der Waals surface area contributed by atoms with Crippen molar-refractivity contribution in [1.82, 2.24) is 14.9 Å². The van der Waals surface area contributed by atoms with E-state index in [9.17, 15) is 19.6 Å². The predicted octanol–water partition coefficient (Wildman–Crippen LogP) is 4.75. The van der Waals surface area contributed by atoms with Gasteiger partial charge in [-0.3, -0.25) is 10.1 Å². The van der Waals surface area contributed by atoms with Gasteiger partial charge in [-0.05, 0) is 46.1 Å². The Morgan fingerprint density at radius 1 is 1.21 bits per heavy atom. The lowest BCUT2D eigenvalue weighted by atomic mass is 9.96. The fraction of sp³-hybridized carbons (Fsp3) is 0.385. The maximum absolute atomic E-state index is 14.1. The molecule has 38 heavy (non-hydrogen) atoms. The lowest BCUT2D eigenvalue weighted by Crippen LogP contribution is -2.29. The fourth-order valence-corrected chi connectivity index (χ4v) is 4.03. The van der Waals surface area contributed by atoms with Gasteiger partial charge in [-0.15, -0.1) is 0 Å². The van der Waals surface area contributed by atoms with E-state index in [-0.39, 0.29) is 17.1 Å². The van der Waals surface area contributed by atoms with Crippen LogP contribution < -0.4 is 15.0 Å². The van der Waals surface area contributed by atoms with Crippen LogP contribution in [0.25, 0.3) is 0 Å². The van der Waals surface area contributed by atoms with E-state index in [1.54, 1.807) is 19.2 Å². The molecule has 0 aliphatic rings. The SMILES string of the molecule is COc1cc(N(C)CCN(C)C)c([N+](=O)[O-])cc1Cc1nccc(Nc2cc(Cl)c(F)cc2C(C)(C)O)n1. The molecule has 204 valence electrons. The average Bonchev–Trinajstić information content (AvgIpc) is 2.83. The van der Waals surface area contributed by atoms with Crippen molar-refractivity contribution >= 4 is 34.5 Å². The van der Waals surface area contributed by atoms with Gasteiger partial charge in [0.1, 0.15) is 28.9 Å². The number of methoxy groups -OCH3 is 1. The lowest BCUT2D eigenvalue weighted by molar-refractivity contribution is -0.384. The molecule has 0 unspecified atom stereocenters. The molecule has 3 rings (SSSR count). The zero-order valence-corrected chi connectivity index (χ0v) is 23.0. The maximum Gasteiger partial charge on any atom is 0.293 e. The summed E-state index contributed by atoms with van der Waals surface area (Å²) in [5.74, 6) is 0.562. The van der Waals surface area contributed by atoms with Gasteiger partial charge in [0.05, 0.1) is 22.7 Å². The van der Waals surface area contributed by atoms with Crippen LogP contribution in [0.5, 0.6) is 5.75 Å². The molecule has 0 aliphatic carbocycles. The molecular weight excluding hydrogens is 515 g/mol. The summed E-state index contributed by atoms with van der Waals surface area (Å²) >= 11 is 5.98. The van der Waals surface area contributed by atoms with Gasteiger partial charge in [-0.1, -0.05) is 11.6 Å². The third-order valence-corrected chi connectivity index (χ3v) is 6.19. The van der Waals surface area contributed by atoms with Crippen LogP contribution in [0.3, 0.4) is 0 Å². The topological polar surface area (TPSA) is 117 Å². The van der Waals surface area contributed by atoms with E-state index >= 15 is 0 Å². The third-order valence-electron chi connectivity index (χ3n) is 5.90. The summed E-state index contributed by atoms with van der Waals surface area (Å²) in [6, 6.07) is 7.30. The van der Waals surface area contributed by atoms with E-state index in [0.717, 1.165) is 6.54 Å². The Bertz CT molecular complexity index is 1320. The fourth-order valence-electron chi connectivity index (χ4n) is 3.87. The summed E-state index contributed by atoms with van der Waals surface area (Å²) in [6.45, 7) is 4.38. The highest BCUT2D eigenvalue weighted by molar-refractivity contribution is 6.31. The van der Waals surface area contributed by atoms with Crippen molar-refractivity contribution in [3.8, 4) is 5.75 Å². The first-order chi connectivity index (χ1) is 17.8. The van der Waals surface area contributed by atoms with Gasteiger partial charge in [0.2, 0.25) is 0 Å². The number of nitrogens with zero attached hydrogens (tertiary/aromatic N) is 5. The van der Waals surface area contributed by atoms with Crippen molar-refractivity contribution in [3.05, 3.63) is 74.4 Å². The van der Waals surface area contributed by atoms with Crippen LogP contribution in [-0.4, -0.2) is 66.2 Å². The van der Waals surface area contributed by atoms with Crippen LogP contribution in [0.2, 0.25) is 5.02 Å². The summed E-state index contributed by atoms with van der Waals surface area (Å²) in [5, 5.41) is 25.4. The molecule has 0 amide bonds.